The molecular formula is C18H32N2O3. The second-order valence-corrected chi connectivity index (χ2v) is 9.27. The van der Waals surface area contributed by atoms with E-state index < -0.39 is 11.3 Å². The number of ether oxygens (including phenoxy) is 1. The Morgan fingerprint density at radius 1 is 1.04 bits per heavy atom. The van der Waals surface area contributed by atoms with Gasteiger partial charge >= 0.3 is 6.09 Å². The van der Waals surface area contributed by atoms with Gasteiger partial charge in [0.15, 0.2) is 11.3 Å². The van der Waals surface area contributed by atoms with Crippen LogP contribution in [-0.2, 0) is 4.74 Å². The average Bonchev–Trinajstić information content (AvgIpc) is 2.53. The fourth-order valence-corrected chi connectivity index (χ4v) is 5.36. The third kappa shape index (κ3) is 2.76. The molecule has 5 nitrogen and oxygen atoms in total. The molecule has 2 N–H and O–H groups in total. The van der Waals surface area contributed by atoms with E-state index in [9.17, 15) is 9.90 Å². The van der Waals surface area contributed by atoms with Gasteiger partial charge in [-0.15, -0.1) is 0 Å². The molecule has 2 aliphatic heterocycles. The van der Waals surface area contributed by atoms with Crippen LogP contribution in [0.3, 0.4) is 0 Å². The molecule has 2 heterocycles. The first-order valence-corrected chi connectivity index (χ1v) is 9.02. The van der Waals surface area contributed by atoms with Crippen LogP contribution in [0.1, 0.15) is 79.6 Å². The molecule has 1 spiro atoms. The minimum absolute atomic E-state index is 0.00921. The summed E-state index contributed by atoms with van der Waals surface area (Å²) < 4.78 is 5.82. The van der Waals surface area contributed by atoms with Gasteiger partial charge in [-0.2, -0.15) is 0 Å². The minimum atomic E-state index is -1.22. The zero-order valence-electron chi connectivity index (χ0n) is 15.2. The first-order valence-electron chi connectivity index (χ1n) is 9.02. The molecule has 0 bridgehead atoms. The fraction of sp³-hybridized carbons (Fsp3) is 0.944. The Morgan fingerprint density at radius 2 is 1.57 bits per heavy atom. The topological polar surface area (TPSA) is 61.8 Å². The monoisotopic (exact) mass is 324 g/mol. The molecule has 132 valence electrons. The van der Waals surface area contributed by atoms with E-state index in [4.69, 9.17) is 4.74 Å². The minimum Gasteiger partial charge on any atom is -0.438 e. The van der Waals surface area contributed by atoms with Crippen LogP contribution in [0, 0.1) is 0 Å². The van der Waals surface area contributed by atoms with E-state index >= 15 is 0 Å². The lowest BCUT2D eigenvalue weighted by Gasteiger charge is -2.51. The van der Waals surface area contributed by atoms with Crippen molar-refractivity contribution in [2.75, 3.05) is 0 Å². The molecule has 23 heavy (non-hydrogen) atoms. The van der Waals surface area contributed by atoms with E-state index in [1.54, 1.807) is 11.8 Å². The van der Waals surface area contributed by atoms with Crippen LogP contribution in [0.25, 0.3) is 0 Å². The zero-order chi connectivity index (χ0) is 17.1. The summed E-state index contributed by atoms with van der Waals surface area (Å²) >= 11 is 0. The van der Waals surface area contributed by atoms with Crippen LogP contribution >= 0.6 is 0 Å². The van der Waals surface area contributed by atoms with E-state index in [1.807, 2.05) is 0 Å². The highest BCUT2D eigenvalue weighted by molar-refractivity contribution is 5.73. The predicted molar refractivity (Wildman–Crippen MR) is 89.1 cm³/mol. The van der Waals surface area contributed by atoms with Crippen LogP contribution < -0.4 is 5.32 Å². The average molecular weight is 324 g/mol. The highest BCUT2D eigenvalue weighted by Gasteiger charge is 2.64. The summed E-state index contributed by atoms with van der Waals surface area (Å²) in [4.78, 5) is 14.4. The summed E-state index contributed by atoms with van der Waals surface area (Å²) in [6.07, 6.45) is 6.01. The number of amides is 1. The summed E-state index contributed by atoms with van der Waals surface area (Å²) in [5.41, 5.74) is -2.10. The van der Waals surface area contributed by atoms with Crippen LogP contribution in [0.4, 0.5) is 4.79 Å². The Bertz CT molecular complexity index is 476. The number of carbonyl (C=O) groups is 1. The van der Waals surface area contributed by atoms with Gasteiger partial charge in [-0.3, -0.25) is 4.90 Å². The summed E-state index contributed by atoms with van der Waals surface area (Å²) in [7, 11) is 0. The van der Waals surface area contributed by atoms with Crippen molar-refractivity contribution >= 4 is 6.09 Å². The van der Waals surface area contributed by atoms with Crippen molar-refractivity contribution in [3.63, 3.8) is 0 Å². The van der Waals surface area contributed by atoms with Gasteiger partial charge in [0.05, 0.1) is 0 Å². The number of aliphatic hydroxyl groups is 1. The standard InChI is InChI=1S/C18H32N2O3/c1-15(2)11-13(12-16(3,4)19-15)20-14(21)23-18(17(20,5)22)9-7-6-8-10-18/h13,19,22H,6-12H2,1-5H3/t17-/m1/s1. The molecule has 0 unspecified atom stereocenters. The first-order chi connectivity index (χ1) is 10.5. The number of hydrogen-bond acceptors (Lipinski definition) is 4. The van der Waals surface area contributed by atoms with Crippen molar-refractivity contribution in [3.05, 3.63) is 0 Å². The summed E-state index contributed by atoms with van der Waals surface area (Å²) in [6, 6.07) is -0.00921. The quantitative estimate of drug-likeness (QED) is 0.778. The lowest BCUT2D eigenvalue weighted by atomic mass is 9.75. The van der Waals surface area contributed by atoms with E-state index in [1.165, 1.54) is 0 Å². The second kappa shape index (κ2) is 5.09. The highest BCUT2D eigenvalue weighted by atomic mass is 16.6. The third-order valence-electron chi connectivity index (χ3n) is 6.01. The number of carbonyl (C=O) groups excluding carboxylic acids is 1. The molecule has 2 saturated heterocycles. The molecule has 1 atom stereocenters. The van der Waals surface area contributed by atoms with Gasteiger partial charge in [-0.25, -0.2) is 4.79 Å². The summed E-state index contributed by atoms with van der Waals surface area (Å²) in [6.45, 7) is 10.4. The number of rotatable bonds is 1. The molecule has 1 amide bonds. The first kappa shape index (κ1) is 17.0. The second-order valence-electron chi connectivity index (χ2n) is 9.27. The Hall–Kier alpha value is -0.810. The summed E-state index contributed by atoms with van der Waals surface area (Å²) in [5, 5.41) is 15.0. The van der Waals surface area contributed by atoms with Crippen molar-refractivity contribution in [2.24, 2.45) is 0 Å². The van der Waals surface area contributed by atoms with Crippen LogP contribution in [0.15, 0.2) is 0 Å². The normalized spacial score (nSPS) is 36.3. The van der Waals surface area contributed by atoms with E-state index in [2.05, 4.69) is 33.0 Å². The molecule has 3 fully saturated rings. The lowest BCUT2D eigenvalue weighted by molar-refractivity contribution is -0.171. The van der Waals surface area contributed by atoms with Gasteiger partial charge in [0.25, 0.3) is 0 Å². The molecule has 1 saturated carbocycles. The Morgan fingerprint density at radius 3 is 2.09 bits per heavy atom. The Balaban J connectivity index is 1.91. The largest absolute Gasteiger partial charge is 0.438 e. The predicted octanol–water partition coefficient (Wildman–Crippen LogP) is 3.16. The Kier molecular flexibility index (Phi) is 3.77. The molecular weight excluding hydrogens is 292 g/mol. The Labute approximate surface area is 139 Å². The highest BCUT2D eigenvalue weighted by Crippen LogP contribution is 2.49. The maximum absolute atomic E-state index is 12.7. The molecule has 0 aromatic carbocycles. The molecule has 3 rings (SSSR count). The van der Waals surface area contributed by atoms with Gasteiger partial charge in [0.1, 0.15) is 0 Å². The summed E-state index contributed by atoms with van der Waals surface area (Å²) in [5.74, 6) is 0. The van der Waals surface area contributed by atoms with Gasteiger partial charge in [-0.05, 0) is 73.1 Å². The van der Waals surface area contributed by atoms with Crippen LogP contribution in [0.2, 0.25) is 0 Å². The third-order valence-corrected chi connectivity index (χ3v) is 6.01. The van der Waals surface area contributed by atoms with Crippen molar-refractivity contribution in [3.8, 4) is 0 Å². The maximum Gasteiger partial charge on any atom is 0.413 e. The van der Waals surface area contributed by atoms with Gasteiger partial charge in [0.2, 0.25) is 0 Å². The smallest absolute Gasteiger partial charge is 0.413 e. The van der Waals surface area contributed by atoms with Crippen molar-refractivity contribution < 1.29 is 14.6 Å². The van der Waals surface area contributed by atoms with Gasteiger partial charge < -0.3 is 15.2 Å². The van der Waals surface area contributed by atoms with Gasteiger partial charge in [-0.1, -0.05) is 6.42 Å². The molecule has 3 aliphatic rings. The van der Waals surface area contributed by atoms with Crippen molar-refractivity contribution in [1.29, 1.82) is 0 Å². The number of nitrogens with zero attached hydrogens (tertiary/aromatic N) is 1. The molecule has 0 aromatic heterocycles. The number of nitrogens with one attached hydrogen (secondary N) is 1. The van der Waals surface area contributed by atoms with Gasteiger partial charge in [0, 0.05) is 17.1 Å². The van der Waals surface area contributed by atoms with Crippen LogP contribution in [0.5, 0.6) is 0 Å². The van der Waals surface area contributed by atoms with Crippen molar-refractivity contribution in [2.45, 2.75) is 108 Å². The fourth-order valence-electron chi connectivity index (χ4n) is 5.36. The van der Waals surface area contributed by atoms with E-state index in [0.29, 0.717) is 0 Å². The number of piperidine rings is 1. The maximum atomic E-state index is 12.7. The lowest BCUT2D eigenvalue weighted by Crippen LogP contribution is -2.66. The molecule has 5 heteroatoms. The molecule has 1 aliphatic carbocycles. The van der Waals surface area contributed by atoms with E-state index in [-0.39, 0.29) is 23.2 Å². The zero-order valence-corrected chi connectivity index (χ0v) is 15.2. The van der Waals surface area contributed by atoms with E-state index in [0.717, 1.165) is 44.9 Å². The molecule has 0 radical (unpaired) electrons. The SMILES string of the molecule is CC1(C)CC(N2C(=O)OC3(CCCCC3)[C@@]2(C)O)CC(C)(C)N1. The van der Waals surface area contributed by atoms with Crippen LogP contribution in [-0.4, -0.2) is 44.5 Å². The molecule has 0 aromatic rings. The number of hydrogen-bond donors (Lipinski definition) is 2. The van der Waals surface area contributed by atoms with Crippen molar-refractivity contribution in [1.82, 2.24) is 10.2 Å².